The summed E-state index contributed by atoms with van der Waals surface area (Å²) in [5, 5.41) is 0. The van der Waals surface area contributed by atoms with Gasteiger partial charge in [-0.2, -0.15) is 8.61 Å². The zero-order valence-electron chi connectivity index (χ0n) is 19.5. The number of fused-ring (bicyclic) bond motifs is 2. The Balaban J connectivity index is 1.32. The molecule has 2 aromatic carbocycles. The van der Waals surface area contributed by atoms with E-state index in [4.69, 9.17) is 0 Å². The van der Waals surface area contributed by atoms with Gasteiger partial charge in [-0.15, -0.1) is 0 Å². The molecule has 34 heavy (non-hydrogen) atoms. The Morgan fingerprint density at radius 2 is 0.971 bits per heavy atom. The van der Waals surface area contributed by atoms with Crippen LogP contribution in [0, 0.1) is 25.7 Å². The number of rotatable bonds is 4. The van der Waals surface area contributed by atoms with E-state index < -0.39 is 20.0 Å². The van der Waals surface area contributed by atoms with E-state index in [0.717, 1.165) is 35.1 Å². The first-order valence-corrected chi connectivity index (χ1v) is 14.5. The minimum Gasteiger partial charge on any atom is -0.207 e. The van der Waals surface area contributed by atoms with Crippen LogP contribution in [0.3, 0.4) is 0 Å². The third-order valence-electron chi connectivity index (χ3n) is 7.26. The molecule has 180 valence electrons. The molecule has 2 unspecified atom stereocenters. The van der Waals surface area contributed by atoms with Crippen molar-refractivity contribution in [3.63, 3.8) is 0 Å². The van der Waals surface area contributed by atoms with Gasteiger partial charge >= 0.3 is 0 Å². The van der Waals surface area contributed by atoms with E-state index in [2.05, 4.69) is 12.2 Å². The first-order valence-electron chi connectivity index (χ1n) is 11.7. The molecule has 0 radical (unpaired) electrons. The van der Waals surface area contributed by atoms with E-state index in [1.165, 1.54) is 0 Å². The van der Waals surface area contributed by atoms with Crippen LogP contribution in [-0.4, -0.2) is 51.6 Å². The molecule has 2 saturated heterocycles. The fraction of sp³-hybridized carbons (Fsp3) is 0.385. The molecular weight excluding hydrogens is 468 g/mol. The van der Waals surface area contributed by atoms with Gasteiger partial charge in [0.15, 0.2) is 0 Å². The zero-order valence-corrected chi connectivity index (χ0v) is 21.1. The summed E-state index contributed by atoms with van der Waals surface area (Å²) in [6.45, 7) is 5.61. The fourth-order valence-corrected chi connectivity index (χ4v) is 8.05. The van der Waals surface area contributed by atoms with Gasteiger partial charge in [-0.05, 0) is 62.8 Å². The number of nitrogens with zero attached hydrogens (tertiary/aromatic N) is 2. The normalized spacial score (nSPS) is 27.1. The first kappa shape index (κ1) is 23.5. The number of allylic oxidation sites excluding steroid dienone is 2. The van der Waals surface area contributed by atoms with Crippen LogP contribution < -0.4 is 0 Å². The second-order valence-corrected chi connectivity index (χ2v) is 13.5. The third-order valence-corrected chi connectivity index (χ3v) is 10.9. The standard InChI is InChI=1S/C26H30N2O4S2/c1-19-3-11-25(12-4-19)33(29,30)27-15-21-7-9-23-17-28(18-24(23)10-8-22(21)16-27)34(31,32)26-13-5-20(2)6-14-26/h3-7,10-14,22-23H,8-9,15-18H2,1-2H3/b21-7-,24-10-. The summed E-state index contributed by atoms with van der Waals surface area (Å²) in [4.78, 5) is 0.667. The summed E-state index contributed by atoms with van der Waals surface area (Å²) in [5.41, 5.74) is 4.35. The van der Waals surface area contributed by atoms with Crippen molar-refractivity contribution in [1.82, 2.24) is 8.61 Å². The van der Waals surface area contributed by atoms with Crippen LogP contribution in [0.25, 0.3) is 0 Å². The number of hydrogen-bond donors (Lipinski definition) is 0. The summed E-state index contributed by atoms with van der Waals surface area (Å²) in [5.74, 6) is 0.271. The van der Waals surface area contributed by atoms with Gasteiger partial charge in [-0.25, -0.2) is 16.8 Å². The Bertz CT molecular complexity index is 1250. The molecule has 5 rings (SSSR count). The topological polar surface area (TPSA) is 74.8 Å². The summed E-state index contributed by atoms with van der Waals surface area (Å²) in [6, 6.07) is 14.0. The van der Waals surface area contributed by atoms with E-state index in [0.29, 0.717) is 36.0 Å². The number of aryl methyl sites for hydroxylation is 2. The minimum absolute atomic E-state index is 0.136. The van der Waals surface area contributed by atoms with Gasteiger partial charge in [-0.1, -0.05) is 58.7 Å². The molecule has 1 aliphatic carbocycles. The number of sulfonamides is 2. The minimum atomic E-state index is -3.53. The molecular formula is C26H30N2O4S2. The van der Waals surface area contributed by atoms with Gasteiger partial charge in [0.25, 0.3) is 0 Å². The highest BCUT2D eigenvalue weighted by atomic mass is 32.2. The third kappa shape index (κ3) is 4.28. The smallest absolute Gasteiger partial charge is 0.207 e. The lowest BCUT2D eigenvalue weighted by atomic mass is 9.88. The lowest BCUT2D eigenvalue weighted by Gasteiger charge is -2.17. The second kappa shape index (κ2) is 8.75. The van der Waals surface area contributed by atoms with Crippen molar-refractivity contribution >= 4 is 20.0 Å². The van der Waals surface area contributed by atoms with Crippen LogP contribution in [0.1, 0.15) is 24.0 Å². The molecule has 0 aromatic heterocycles. The molecule has 8 heteroatoms. The van der Waals surface area contributed by atoms with Gasteiger partial charge in [0.05, 0.1) is 9.79 Å². The van der Waals surface area contributed by atoms with Crippen LogP contribution in [0.15, 0.2) is 81.6 Å². The Morgan fingerprint density at radius 3 is 1.32 bits per heavy atom. The summed E-state index contributed by atoms with van der Waals surface area (Å²) in [6.07, 6.45) is 5.79. The maximum Gasteiger partial charge on any atom is 0.243 e. The van der Waals surface area contributed by atoms with Crippen LogP contribution in [0.2, 0.25) is 0 Å². The maximum atomic E-state index is 13.2. The summed E-state index contributed by atoms with van der Waals surface area (Å²) >= 11 is 0. The number of hydrogen-bond acceptors (Lipinski definition) is 4. The van der Waals surface area contributed by atoms with E-state index in [1.807, 2.05) is 38.1 Å². The van der Waals surface area contributed by atoms with Crippen LogP contribution in [0.5, 0.6) is 0 Å². The molecule has 0 amide bonds. The van der Waals surface area contributed by atoms with Crippen molar-refractivity contribution in [3.05, 3.63) is 83.0 Å². The van der Waals surface area contributed by atoms with E-state index in [-0.39, 0.29) is 11.8 Å². The molecule has 2 heterocycles. The van der Waals surface area contributed by atoms with Crippen molar-refractivity contribution in [2.45, 2.75) is 36.5 Å². The SMILES string of the molecule is Cc1ccc(S(=O)(=O)N2C/C3=C/CC4CN(S(=O)(=O)c5ccc(C)cc5)C/C4=C/CC3C2)cc1. The number of benzene rings is 2. The second-order valence-electron chi connectivity index (χ2n) is 9.64. The highest BCUT2D eigenvalue weighted by Gasteiger charge is 2.39. The highest BCUT2D eigenvalue weighted by molar-refractivity contribution is 7.89. The molecule has 0 saturated carbocycles. The quantitative estimate of drug-likeness (QED) is 0.600. The predicted octanol–water partition coefficient (Wildman–Crippen LogP) is 3.89. The van der Waals surface area contributed by atoms with E-state index >= 15 is 0 Å². The van der Waals surface area contributed by atoms with Gasteiger partial charge < -0.3 is 0 Å². The molecule has 2 fully saturated rings. The lowest BCUT2D eigenvalue weighted by molar-refractivity contribution is 0.457. The van der Waals surface area contributed by atoms with Crippen molar-refractivity contribution in [2.24, 2.45) is 11.8 Å². The summed E-state index contributed by atoms with van der Waals surface area (Å²) < 4.78 is 55.9. The molecule has 0 bridgehead atoms. The van der Waals surface area contributed by atoms with Crippen molar-refractivity contribution < 1.29 is 16.8 Å². The Morgan fingerprint density at radius 1 is 0.618 bits per heavy atom. The maximum absolute atomic E-state index is 13.2. The molecule has 6 nitrogen and oxygen atoms in total. The zero-order chi connectivity index (χ0) is 24.1. The van der Waals surface area contributed by atoms with Crippen molar-refractivity contribution in [3.8, 4) is 0 Å². The van der Waals surface area contributed by atoms with Crippen LogP contribution in [0.4, 0.5) is 0 Å². The van der Waals surface area contributed by atoms with Gasteiger partial charge in [-0.3, -0.25) is 0 Å². The molecule has 2 aromatic rings. The molecule has 2 aliphatic heterocycles. The summed E-state index contributed by atoms with van der Waals surface area (Å²) in [7, 11) is -7.07. The largest absolute Gasteiger partial charge is 0.243 e. The van der Waals surface area contributed by atoms with E-state index in [1.54, 1.807) is 32.9 Å². The fourth-order valence-electron chi connectivity index (χ4n) is 5.11. The Kier molecular flexibility index (Phi) is 6.04. The first-order chi connectivity index (χ1) is 16.1. The highest BCUT2D eigenvalue weighted by Crippen LogP contribution is 2.38. The van der Waals surface area contributed by atoms with Gasteiger partial charge in [0.1, 0.15) is 0 Å². The van der Waals surface area contributed by atoms with Crippen molar-refractivity contribution in [2.75, 3.05) is 26.2 Å². The average molecular weight is 499 g/mol. The Labute approximate surface area is 202 Å². The van der Waals surface area contributed by atoms with Crippen LogP contribution >= 0.6 is 0 Å². The van der Waals surface area contributed by atoms with E-state index in [9.17, 15) is 16.8 Å². The molecule has 0 N–H and O–H groups in total. The monoisotopic (exact) mass is 498 g/mol. The molecule has 0 spiro atoms. The average Bonchev–Trinajstić information content (AvgIpc) is 3.39. The predicted molar refractivity (Wildman–Crippen MR) is 132 cm³/mol. The van der Waals surface area contributed by atoms with Crippen molar-refractivity contribution in [1.29, 1.82) is 0 Å². The van der Waals surface area contributed by atoms with Gasteiger partial charge in [0.2, 0.25) is 20.0 Å². The van der Waals surface area contributed by atoms with Crippen LogP contribution in [-0.2, 0) is 20.0 Å². The lowest BCUT2D eigenvalue weighted by Crippen LogP contribution is -2.29. The molecule has 2 atom stereocenters. The Hall–Kier alpha value is -2.26. The van der Waals surface area contributed by atoms with Gasteiger partial charge in [0, 0.05) is 26.2 Å². The molecule has 3 aliphatic rings.